The lowest BCUT2D eigenvalue weighted by atomic mass is 10.0. The molecule has 146 valence electrons. The fourth-order valence-corrected chi connectivity index (χ4v) is 3.16. The van der Waals surface area contributed by atoms with Crippen molar-refractivity contribution in [2.75, 3.05) is 13.1 Å². The number of rotatable bonds is 5. The van der Waals surface area contributed by atoms with Crippen LogP contribution in [0.25, 0.3) is 0 Å². The Morgan fingerprint density at radius 3 is 2.81 bits per heavy atom. The first kappa shape index (κ1) is 19.0. The van der Waals surface area contributed by atoms with Crippen LogP contribution in [0.4, 0.5) is 0 Å². The standard InChI is InChI=1S/C17H25N7O3/c1-10(2)14(15-22-21-12-4-5-18-6-7-24(12)15)19-13(25)9-23-8-11(3)16(26)20-17(23)27/h8,10,14,18H,4-7,9H2,1-3H3,(H,19,25)(H,20,26,27)/t14-/m1/s1. The summed E-state index contributed by atoms with van der Waals surface area (Å²) in [5.74, 6) is 1.39. The highest BCUT2D eigenvalue weighted by molar-refractivity contribution is 5.76. The van der Waals surface area contributed by atoms with Crippen molar-refractivity contribution in [1.82, 2.24) is 34.9 Å². The van der Waals surface area contributed by atoms with Gasteiger partial charge in [0, 0.05) is 37.8 Å². The van der Waals surface area contributed by atoms with E-state index in [1.165, 1.54) is 10.8 Å². The first-order chi connectivity index (χ1) is 12.9. The van der Waals surface area contributed by atoms with Gasteiger partial charge in [-0.3, -0.25) is 19.1 Å². The van der Waals surface area contributed by atoms with Gasteiger partial charge < -0.3 is 15.2 Å². The number of hydrogen-bond donors (Lipinski definition) is 3. The van der Waals surface area contributed by atoms with E-state index in [2.05, 4.69) is 30.4 Å². The van der Waals surface area contributed by atoms with Crippen LogP contribution in [0.15, 0.2) is 15.8 Å². The Labute approximate surface area is 156 Å². The van der Waals surface area contributed by atoms with Gasteiger partial charge in [0.1, 0.15) is 12.4 Å². The van der Waals surface area contributed by atoms with Crippen molar-refractivity contribution >= 4 is 5.91 Å². The lowest BCUT2D eigenvalue weighted by molar-refractivity contribution is -0.122. The maximum atomic E-state index is 12.6. The molecule has 10 nitrogen and oxygen atoms in total. The summed E-state index contributed by atoms with van der Waals surface area (Å²) in [5, 5.41) is 14.9. The van der Waals surface area contributed by atoms with Crippen LogP contribution in [0, 0.1) is 12.8 Å². The van der Waals surface area contributed by atoms with Crippen molar-refractivity contribution in [3.8, 4) is 0 Å². The molecular weight excluding hydrogens is 350 g/mol. The quantitative estimate of drug-likeness (QED) is 0.621. The molecule has 0 aliphatic carbocycles. The minimum atomic E-state index is -0.607. The Morgan fingerprint density at radius 1 is 1.30 bits per heavy atom. The van der Waals surface area contributed by atoms with E-state index in [0.29, 0.717) is 5.56 Å². The molecule has 3 N–H and O–H groups in total. The lowest BCUT2D eigenvalue weighted by Crippen LogP contribution is -2.39. The predicted molar refractivity (Wildman–Crippen MR) is 98.4 cm³/mol. The Morgan fingerprint density at radius 2 is 2.07 bits per heavy atom. The second kappa shape index (κ2) is 7.87. The van der Waals surface area contributed by atoms with Gasteiger partial charge in [0.2, 0.25) is 5.91 Å². The number of nitrogens with one attached hydrogen (secondary N) is 3. The zero-order chi connectivity index (χ0) is 19.6. The molecule has 2 aromatic heterocycles. The van der Waals surface area contributed by atoms with Gasteiger partial charge >= 0.3 is 5.69 Å². The third-order valence-corrected chi connectivity index (χ3v) is 4.66. The van der Waals surface area contributed by atoms with Gasteiger partial charge in [-0.15, -0.1) is 10.2 Å². The molecule has 0 spiro atoms. The van der Waals surface area contributed by atoms with Crippen molar-refractivity contribution in [2.24, 2.45) is 5.92 Å². The molecule has 0 aromatic carbocycles. The van der Waals surface area contributed by atoms with Crippen molar-refractivity contribution < 1.29 is 4.79 Å². The van der Waals surface area contributed by atoms with Crippen LogP contribution in [0.5, 0.6) is 0 Å². The molecule has 0 radical (unpaired) electrons. The van der Waals surface area contributed by atoms with Crippen LogP contribution in [0.2, 0.25) is 0 Å². The Balaban J connectivity index is 1.80. The smallest absolute Gasteiger partial charge is 0.328 e. The summed E-state index contributed by atoms with van der Waals surface area (Å²) in [4.78, 5) is 38.1. The second-order valence-electron chi connectivity index (χ2n) is 7.11. The molecule has 1 aliphatic heterocycles. The van der Waals surface area contributed by atoms with Gasteiger partial charge in [-0.1, -0.05) is 13.8 Å². The highest BCUT2D eigenvalue weighted by Gasteiger charge is 2.26. The van der Waals surface area contributed by atoms with E-state index in [4.69, 9.17) is 0 Å². The molecule has 27 heavy (non-hydrogen) atoms. The van der Waals surface area contributed by atoms with Crippen LogP contribution in [0.1, 0.15) is 37.1 Å². The number of aryl methyl sites for hydroxylation is 1. The van der Waals surface area contributed by atoms with Crippen molar-refractivity contribution in [1.29, 1.82) is 0 Å². The van der Waals surface area contributed by atoms with Crippen molar-refractivity contribution in [3.63, 3.8) is 0 Å². The highest BCUT2D eigenvalue weighted by Crippen LogP contribution is 2.21. The SMILES string of the molecule is Cc1cn(CC(=O)N[C@@H](c2nnc3n2CCNCC3)C(C)C)c(=O)[nH]c1=O. The predicted octanol–water partition coefficient (Wildman–Crippen LogP) is -0.904. The number of carbonyl (C=O) groups excluding carboxylic acids is 1. The Kier molecular flexibility index (Phi) is 5.54. The molecule has 10 heteroatoms. The average molecular weight is 375 g/mol. The Bertz CT molecular complexity index is 941. The number of fused-ring (bicyclic) bond motifs is 1. The minimum absolute atomic E-state index is 0.0903. The fraction of sp³-hybridized carbons (Fsp3) is 0.588. The topological polar surface area (TPSA) is 127 Å². The number of hydrogen-bond acceptors (Lipinski definition) is 6. The molecule has 0 saturated carbocycles. The maximum Gasteiger partial charge on any atom is 0.328 e. The average Bonchev–Trinajstić information content (AvgIpc) is 2.84. The molecule has 0 unspecified atom stereocenters. The van der Waals surface area contributed by atoms with Crippen molar-refractivity contribution in [2.45, 2.75) is 46.3 Å². The summed E-state index contributed by atoms with van der Waals surface area (Å²) in [6.07, 6.45) is 2.18. The van der Waals surface area contributed by atoms with Gasteiger partial charge in [-0.05, 0) is 12.8 Å². The normalized spacial score (nSPS) is 15.3. The number of aromatic nitrogens is 5. The van der Waals surface area contributed by atoms with Crippen LogP contribution in [0.3, 0.4) is 0 Å². The number of aromatic amines is 1. The number of amides is 1. The molecule has 2 aromatic rings. The summed E-state index contributed by atoms with van der Waals surface area (Å²) in [7, 11) is 0. The summed E-state index contributed by atoms with van der Waals surface area (Å²) in [6.45, 7) is 7.82. The van der Waals surface area contributed by atoms with E-state index < -0.39 is 11.2 Å². The maximum absolute atomic E-state index is 12.6. The second-order valence-corrected chi connectivity index (χ2v) is 7.11. The van der Waals surface area contributed by atoms with E-state index in [1.807, 2.05) is 13.8 Å². The minimum Gasteiger partial charge on any atom is -0.344 e. The zero-order valence-electron chi connectivity index (χ0n) is 15.8. The number of H-pyrrole nitrogens is 1. The van der Waals surface area contributed by atoms with Gasteiger partial charge in [0.25, 0.3) is 5.56 Å². The number of carbonyl (C=O) groups is 1. The molecule has 3 heterocycles. The van der Waals surface area contributed by atoms with E-state index >= 15 is 0 Å². The molecule has 1 aliphatic rings. The van der Waals surface area contributed by atoms with Crippen LogP contribution >= 0.6 is 0 Å². The number of nitrogens with zero attached hydrogens (tertiary/aromatic N) is 4. The Hall–Kier alpha value is -2.75. The van der Waals surface area contributed by atoms with Crippen LogP contribution in [-0.2, 0) is 24.3 Å². The molecule has 0 saturated heterocycles. The van der Waals surface area contributed by atoms with E-state index in [1.54, 1.807) is 6.92 Å². The zero-order valence-corrected chi connectivity index (χ0v) is 15.8. The summed E-state index contributed by atoms with van der Waals surface area (Å²) >= 11 is 0. The van der Waals surface area contributed by atoms with Gasteiger partial charge in [-0.2, -0.15) is 0 Å². The third kappa shape index (κ3) is 4.16. The largest absolute Gasteiger partial charge is 0.344 e. The molecule has 1 atom stereocenters. The van der Waals surface area contributed by atoms with Gasteiger partial charge in [0.15, 0.2) is 5.82 Å². The first-order valence-electron chi connectivity index (χ1n) is 9.09. The van der Waals surface area contributed by atoms with Crippen LogP contribution in [-0.4, -0.2) is 43.3 Å². The summed E-state index contributed by atoms with van der Waals surface area (Å²) < 4.78 is 3.25. The van der Waals surface area contributed by atoms with E-state index in [9.17, 15) is 14.4 Å². The highest BCUT2D eigenvalue weighted by atomic mass is 16.2. The fourth-order valence-electron chi connectivity index (χ4n) is 3.16. The van der Waals surface area contributed by atoms with Crippen molar-refractivity contribution in [3.05, 3.63) is 44.2 Å². The molecule has 0 bridgehead atoms. The molecular formula is C17H25N7O3. The summed E-state index contributed by atoms with van der Waals surface area (Å²) in [6, 6.07) is -0.323. The van der Waals surface area contributed by atoms with Gasteiger partial charge in [0.05, 0.1) is 6.04 Å². The lowest BCUT2D eigenvalue weighted by Gasteiger charge is -2.23. The molecule has 1 amide bonds. The van der Waals surface area contributed by atoms with Gasteiger partial charge in [-0.25, -0.2) is 4.79 Å². The summed E-state index contributed by atoms with van der Waals surface area (Å²) in [5.41, 5.74) is -0.682. The van der Waals surface area contributed by atoms with Crippen LogP contribution < -0.4 is 21.9 Å². The monoisotopic (exact) mass is 375 g/mol. The van der Waals surface area contributed by atoms with E-state index in [-0.39, 0.29) is 24.4 Å². The molecule has 3 rings (SSSR count). The third-order valence-electron chi connectivity index (χ3n) is 4.66. The van der Waals surface area contributed by atoms with E-state index in [0.717, 1.165) is 37.7 Å². The first-order valence-corrected chi connectivity index (χ1v) is 9.09. The molecule has 0 fully saturated rings.